The number of nitrogen functional groups attached to an aromatic ring is 1. The van der Waals surface area contributed by atoms with Crippen molar-refractivity contribution in [1.29, 1.82) is 0 Å². The molecule has 13 nitrogen and oxygen atoms in total. The van der Waals surface area contributed by atoms with Gasteiger partial charge >= 0.3 is 16.1 Å². The van der Waals surface area contributed by atoms with Crippen molar-refractivity contribution in [2.75, 3.05) is 31.1 Å². The zero-order valence-electron chi connectivity index (χ0n) is 17.3. The van der Waals surface area contributed by atoms with Gasteiger partial charge in [0.2, 0.25) is 0 Å². The lowest BCUT2D eigenvalue weighted by atomic mass is 10.2. The van der Waals surface area contributed by atoms with E-state index >= 15 is 0 Å². The van der Waals surface area contributed by atoms with Crippen molar-refractivity contribution in [1.82, 2.24) is 14.5 Å². The maximum absolute atomic E-state index is 11.8. The summed E-state index contributed by atoms with van der Waals surface area (Å²) in [6, 6.07) is 0. The number of rotatable bonds is 10. The van der Waals surface area contributed by atoms with Crippen LogP contribution < -0.4 is 11.5 Å². The van der Waals surface area contributed by atoms with Gasteiger partial charge in [-0.05, 0) is 10.6 Å². The monoisotopic (exact) mass is 538 g/mol. The SMILES string of the molecule is CSSCOC1C[C@H](n2cc(C#CCN)c3c(N)ncnc32)O[C@@H]1COP(=O)(O)O[P+](=O)O. The number of hydrogen-bond donors (Lipinski definition) is 4. The Morgan fingerprint density at radius 1 is 1.48 bits per heavy atom. The van der Waals surface area contributed by atoms with E-state index in [9.17, 15) is 14.0 Å². The highest BCUT2D eigenvalue weighted by molar-refractivity contribution is 8.76. The molecule has 33 heavy (non-hydrogen) atoms. The lowest BCUT2D eigenvalue weighted by Crippen LogP contribution is -2.28. The molecule has 0 spiro atoms. The molecule has 0 saturated carbocycles. The Morgan fingerprint density at radius 2 is 2.27 bits per heavy atom. The average Bonchev–Trinajstić information content (AvgIpc) is 3.32. The van der Waals surface area contributed by atoms with Crippen LogP contribution in [0.5, 0.6) is 0 Å². The number of ether oxygens (including phenoxy) is 2. The maximum Gasteiger partial charge on any atom is 0.705 e. The number of nitrogens with two attached hydrogens (primary N) is 2. The minimum Gasteiger partial charge on any atom is -0.383 e. The first-order valence-electron chi connectivity index (χ1n) is 9.31. The molecule has 5 atom stereocenters. The van der Waals surface area contributed by atoms with Gasteiger partial charge in [0.15, 0.2) is 0 Å². The van der Waals surface area contributed by atoms with E-state index < -0.39 is 41.1 Å². The van der Waals surface area contributed by atoms with E-state index in [2.05, 4.69) is 26.1 Å². The minimum atomic E-state index is -4.76. The van der Waals surface area contributed by atoms with Crippen molar-refractivity contribution in [3.63, 3.8) is 0 Å². The molecular weight excluding hydrogens is 516 g/mol. The third-order valence-corrected chi connectivity index (χ3v) is 7.80. The van der Waals surface area contributed by atoms with E-state index in [0.29, 0.717) is 29.0 Å². The summed E-state index contributed by atoms with van der Waals surface area (Å²) in [5, 5.41) is 0.553. The fraction of sp³-hybridized carbons (Fsp3) is 0.500. The highest BCUT2D eigenvalue weighted by atomic mass is 33.1. The van der Waals surface area contributed by atoms with Crippen LogP contribution in [0.25, 0.3) is 11.0 Å². The molecule has 2 aromatic heterocycles. The number of phosphoric acid groups is 1. The topological polar surface area (TPSA) is 194 Å². The lowest BCUT2D eigenvalue weighted by Gasteiger charge is -2.18. The second-order valence-electron chi connectivity index (χ2n) is 6.47. The molecule has 17 heteroatoms. The molecule has 0 radical (unpaired) electrons. The summed E-state index contributed by atoms with van der Waals surface area (Å²) < 4.78 is 45.1. The molecule has 3 rings (SSSR count). The average molecular weight is 538 g/mol. The molecule has 1 fully saturated rings. The Kier molecular flexibility index (Phi) is 9.52. The van der Waals surface area contributed by atoms with E-state index in [1.807, 2.05) is 6.26 Å². The zero-order valence-corrected chi connectivity index (χ0v) is 20.7. The second kappa shape index (κ2) is 11.9. The van der Waals surface area contributed by atoms with Gasteiger partial charge in [0.05, 0.1) is 30.2 Å². The molecule has 3 unspecified atom stereocenters. The molecule has 1 aliphatic rings. The normalized spacial score (nSPS) is 22.7. The Labute approximate surface area is 197 Å². The molecule has 0 amide bonds. The van der Waals surface area contributed by atoms with Crippen LogP contribution in [-0.4, -0.2) is 61.9 Å². The summed E-state index contributed by atoms with van der Waals surface area (Å²) in [5.74, 6) is 6.31. The van der Waals surface area contributed by atoms with Gasteiger partial charge in [-0.2, -0.15) is 0 Å². The number of aromatic nitrogens is 3. The predicted octanol–water partition coefficient (Wildman–Crippen LogP) is 1.75. The summed E-state index contributed by atoms with van der Waals surface area (Å²) in [5.41, 5.74) is 12.6. The van der Waals surface area contributed by atoms with Crippen LogP contribution in [0.1, 0.15) is 18.2 Å². The number of fused-ring (bicyclic) bond motifs is 1. The van der Waals surface area contributed by atoms with Gasteiger partial charge in [0, 0.05) is 17.2 Å². The van der Waals surface area contributed by atoms with Gasteiger partial charge in [0.1, 0.15) is 36.1 Å². The molecule has 180 valence electrons. The zero-order chi connectivity index (χ0) is 24.0. The summed E-state index contributed by atoms with van der Waals surface area (Å²) in [6.07, 6.45) is 3.39. The summed E-state index contributed by atoms with van der Waals surface area (Å²) >= 11 is 0. The summed E-state index contributed by atoms with van der Waals surface area (Å²) in [6.45, 7) is -0.260. The van der Waals surface area contributed by atoms with E-state index in [1.165, 1.54) is 27.9 Å². The predicted molar refractivity (Wildman–Crippen MR) is 124 cm³/mol. The Hall–Kier alpha value is -1.27. The first kappa shape index (κ1) is 26.3. The van der Waals surface area contributed by atoms with Crippen molar-refractivity contribution in [3.05, 3.63) is 18.1 Å². The number of nitrogens with zero attached hydrogens (tertiary/aromatic N) is 3. The van der Waals surface area contributed by atoms with E-state index in [0.717, 1.165) is 0 Å². The fourth-order valence-electron chi connectivity index (χ4n) is 3.21. The van der Waals surface area contributed by atoms with E-state index in [4.69, 9.17) is 30.4 Å². The second-order valence-corrected chi connectivity index (χ2v) is 11.3. The summed E-state index contributed by atoms with van der Waals surface area (Å²) in [7, 11) is -5.10. The molecule has 0 aromatic carbocycles. The Morgan fingerprint density at radius 3 is 2.97 bits per heavy atom. The van der Waals surface area contributed by atoms with Crippen LogP contribution in [-0.2, 0) is 27.4 Å². The smallest absolute Gasteiger partial charge is 0.383 e. The quantitative estimate of drug-likeness (QED) is 0.112. The van der Waals surface area contributed by atoms with Crippen molar-refractivity contribution in [3.8, 4) is 11.8 Å². The molecule has 1 saturated heterocycles. The molecule has 1 aliphatic heterocycles. The third kappa shape index (κ3) is 6.88. The van der Waals surface area contributed by atoms with Gasteiger partial charge < -0.3 is 25.5 Å². The van der Waals surface area contributed by atoms with Gasteiger partial charge in [-0.1, -0.05) is 33.4 Å². The van der Waals surface area contributed by atoms with Gasteiger partial charge in [-0.25, -0.2) is 14.5 Å². The number of phosphoric ester groups is 1. The van der Waals surface area contributed by atoms with E-state index in [1.54, 1.807) is 10.8 Å². The van der Waals surface area contributed by atoms with Gasteiger partial charge in [-0.15, -0.1) is 4.89 Å². The highest BCUT2D eigenvalue weighted by Gasteiger charge is 2.42. The molecule has 2 aromatic rings. The molecule has 0 aliphatic carbocycles. The number of anilines is 1. The van der Waals surface area contributed by atoms with Crippen LogP contribution in [0.4, 0.5) is 5.82 Å². The van der Waals surface area contributed by atoms with Crippen LogP contribution >= 0.6 is 37.7 Å². The van der Waals surface area contributed by atoms with Crippen LogP contribution in [0.15, 0.2) is 12.5 Å². The third-order valence-electron chi connectivity index (χ3n) is 4.48. The first-order valence-corrected chi connectivity index (χ1v) is 14.7. The van der Waals surface area contributed by atoms with E-state index in [-0.39, 0.29) is 12.4 Å². The summed E-state index contributed by atoms with van der Waals surface area (Å²) in [4.78, 5) is 26.6. The lowest BCUT2D eigenvalue weighted by molar-refractivity contribution is -0.0518. The van der Waals surface area contributed by atoms with Crippen LogP contribution in [0.3, 0.4) is 0 Å². The number of hydrogen-bond acceptors (Lipinski definition) is 12. The van der Waals surface area contributed by atoms with Crippen molar-refractivity contribution in [2.45, 2.75) is 24.9 Å². The van der Waals surface area contributed by atoms with Crippen LogP contribution in [0.2, 0.25) is 0 Å². The largest absolute Gasteiger partial charge is 0.705 e. The first-order chi connectivity index (χ1) is 15.8. The van der Waals surface area contributed by atoms with Crippen molar-refractivity contribution < 1.29 is 37.2 Å². The molecule has 0 bridgehead atoms. The molecular formula is C16H22N5O8P2S2+. The van der Waals surface area contributed by atoms with Crippen molar-refractivity contribution in [2.24, 2.45) is 5.73 Å². The highest BCUT2D eigenvalue weighted by Crippen LogP contribution is 2.51. The van der Waals surface area contributed by atoms with Gasteiger partial charge in [0.25, 0.3) is 0 Å². The molecule has 3 heterocycles. The maximum atomic E-state index is 11.8. The van der Waals surface area contributed by atoms with Crippen molar-refractivity contribution >= 4 is 54.5 Å². The minimum absolute atomic E-state index is 0.158. The van der Waals surface area contributed by atoms with Crippen LogP contribution in [0, 0.1) is 11.8 Å². The molecule has 6 N–H and O–H groups in total. The fourth-order valence-corrected chi connectivity index (χ4v) is 5.22. The van der Waals surface area contributed by atoms with Gasteiger partial charge in [-0.3, -0.25) is 9.42 Å². The Balaban J connectivity index is 1.86. The standard InChI is InChI=1S/C16H21N5O8P2S2/c1-32-33-9-26-11-5-13(28-12(11)7-27-31(24,25)29-30(22)23)21-6-10(3-2-4-17)14-15(18)19-8-20-16(14)21/h6,8,11-13H,4-5,7,9,17H2,1H3,(H3-,18,19,20,22,23,24,25)/p+1/t11?,12-,13-/m1/s1. The Bertz CT molecular complexity index is 1110.